The molecule has 0 atom stereocenters. The third-order valence-corrected chi connectivity index (χ3v) is 5.10. The van der Waals surface area contributed by atoms with Crippen LogP contribution in [0.4, 0.5) is 0 Å². The first-order valence-electron chi connectivity index (χ1n) is 7.38. The van der Waals surface area contributed by atoms with E-state index >= 15 is 0 Å². The molecule has 3 heterocycles. The molecule has 0 spiro atoms. The fourth-order valence-electron chi connectivity index (χ4n) is 2.46. The molecule has 0 saturated carbocycles. The number of thiazole rings is 1. The summed E-state index contributed by atoms with van der Waals surface area (Å²) in [5.41, 5.74) is 2.27. The van der Waals surface area contributed by atoms with Crippen molar-refractivity contribution in [2.24, 2.45) is 0 Å². The molecule has 25 heavy (non-hydrogen) atoms. The van der Waals surface area contributed by atoms with Crippen molar-refractivity contribution < 1.29 is 9.53 Å². The summed E-state index contributed by atoms with van der Waals surface area (Å²) in [5.74, 6) is 0.0999. The van der Waals surface area contributed by atoms with Gasteiger partial charge in [-0.2, -0.15) is 5.10 Å². The monoisotopic (exact) mass is 373 g/mol. The van der Waals surface area contributed by atoms with Gasteiger partial charge < -0.3 is 9.72 Å². The largest absolute Gasteiger partial charge is 0.455 e. The van der Waals surface area contributed by atoms with Crippen LogP contribution in [0.2, 0.25) is 5.02 Å². The maximum absolute atomic E-state index is 12.4. The van der Waals surface area contributed by atoms with Gasteiger partial charge in [0.05, 0.1) is 11.4 Å². The molecule has 1 aromatic carbocycles. The van der Waals surface area contributed by atoms with Crippen molar-refractivity contribution in [3.8, 4) is 10.8 Å². The standard InChI is InChI=1S/C16H12ClN5O2S/c1-8-13(25-15(20-8)14-18-7-19-22-14)16(23)24-6-9-5-10-11(17)3-2-4-12(10)21-9/h2-5,7,21H,6H2,1H3,(H,18,19,22). The van der Waals surface area contributed by atoms with Crippen molar-refractivity contribution in [3.05, 3.63) is 51.9 Å². The Morgan fingerprint density at radius 2 is 2.28 bits per heavy atom. The van der Waals surface area contributed by atoms with Crippen LogP contribution in [-0.2, 0) is 11.3 Å². The first-order valence-corrected chi connectivity index (χ1v) is 8.57. The number of hydrogen-bond donors (Lipinski definition) is 2. The fraction of sp³-hybridized carbons (Fsp3) is 0.125. The number of fused-ring (bicyclic) bond motifs is 1. The van der Waals surface area contributed by atoms with Gasteiger partial charge in [0.2, 0.25) is 0 Å². The minimum Gasteiger partial charge on any atom is -0.455 e. The number of aromatic amines is 2. The van der Waals surface area contributed by atoms with E-state index in [1.54, 1.807) is 6.92 Å². The Morgan fingerprint density at radius 3 is 3.04 bits per heavy atom. The van der Waals surface area contributed by atoms with E-state index in [0.717, 1.165) is 16.6 Å². The van der Waals surface area contributed by atoms with Crippen molar-refractivity contribution in [2.45, 2.75) is 13.5 Å². The van der Waals surface area contributed by atoms with Crippen LogP contribution in [0.15, 0.2) is 30.6 Å². The molecule has 0 amide bonds. The highest BCUT2D eigenvalue weighted by atomic mass is 35.5. The quantitative estimate of drug-likeness (QED) is 0.531. The molecule has 7 nitrogen and oxygen atoms in total. The number of nitrogens with zero attached hydrogens (tertiary/aromatic N) is 3. The number of H-pyrrole nitrogens is 2. The van der Waals surface area contributed by atoms with Crippen LogP contribution in [0.1, 0.15) is 21.1 Å². The highest BCUT2D eigenvalue weighted by molar-refractivity contribution is 7.16. The molecule has 0 fully saturated rings. The number of aryl methyl sites for hydroxylation is 1. The summed E-state index contributed by atoms with van der Waals surface area (Å²) < 4.78 is 5.41. The van der Waals surface area contributed by atoms with E-state index in [0.29, 0.717) is 26.4 Å². The number of nitrogens with one attached hydrogen (secondary N) is 2. The first kappa shape index (κ1) is 15.8. The van der Waals surface area contributed by atoms with Crippen molar-refractivity contribution in [1.29, 1.82) is 0 Å². The molecular formula is C16H12ClN5O2S. The normalized spacial score (nSPS) is 11.1. The number of rotatable bonds is 4. The lowest BCUT2D eigenvalue weighted by Gasteiger charge is -2.01. The Morgan fingerprint density at radius 1 is 1.40 bits per heavy atom. The highest BCUT2D eigenvalue weighted by Gasteiger charge is 2.19. The molecule has 4 aromatic rings. The lowest BCUT2D eigenvalue weighted by Crippen LogP contribution is -2.05. The highest BCUT2D eigenvalue weighted by Crippen LogP contribution is 2.27. The molecule has 2 N–H and O–H groups in total. The second kappa shape index (κ2) is 6.30. The Labute approximate surface area is 151 Å². The molecule has 0 aliphatic heterocycles. The predicted octanol–water partition coefficient (Wildman–Crippen LogP) is 3.73. The van der Waals surface area contributed by atoms with Gasteiger partial charge in [-0.1, -0.05) is 17.7 Å². The van der Waals surface area contributed by atoms with Crippen LogP contribution in [0.25, 0.3) is 21.7 Å². The van der Waals surface area contributed by atoms with Gasteiger partial charge in [0.25, 0.3) is 0 Å². The molecule has 4 rings (SSSR count). The molecule has 0 radical (unpaired) electrons. The van der Waals surface area contributed by atoms with Gasteiger partial charge in [-0.3, -0.25) is 5.10 Å². The van der Waals surface area contributed by atoms with Gasteiger partial charge in [0.15, 0.2) is 10.8 Å². The van der Waals surface area contributed by atoms with Crippen LogP contribution < -0.4 is 0 Å². The molecule has 126 valence electrons. The first-order chi connectivity index (χ1) is 12.1. The summed E-state index contributed by atoms with van der Waals surface area (Å²) in [7, 11) is 0. The SMILES string of the molecule is Cc1nc(-c2ncn[nH]2)sc1C(=O)OCc1cc2c(Cl)cccc2[nH]1. The number of aromatic nitrogens is 5. The van der Waals surface area contributed by atoms with Gasteiger partial charge >= 0.3 is 5.97 Å². The minimum atomic E-state index is -0.425. The zero-order valence-corrected chi connectivity index (χ0v) is 14.6. The second-order valence-electron chi connectivity index (χ2n) is 5.34. The smallest absolute Gasteiger partial charge is 0.350 e. The van der Waals surface area contributed by atoms with E-state index in [2.05, 4.69) is 25.1 Å². The maximum Gasteiger partial charge on any atom is 0.350 e. The Kier molecular flexibility index (Phi) is 3.98. The zero-order valence-electron chi connectivity index (χ0n) is 13.0. The van der Waals surface area contributed by atoms with Crippen LogP contribution in [0, 0.1) is 6.92 Å². The van der Waals surface area contributed by atoms with E-state index in [-0.39, 0.29) is 6.61 Å². The third-order valence-electron chi connectivity index (χ3n) is 3.63. The summed E-state index contributed by atoms with van der Waals surface area (Å²) in [4.78, 5) is 24.4. The van der Waals surface area contributed by atoms with Crippen molar-refractivity contribution in [3.63, 3.8) is 0 Å². The number of hydrogen-bond acceptors (Lipinski definition) is 6. The molecule has 9 heteroatoms. The van der Waals surface area contributed by atoms with Gasteiger partial charge in [-0.15, -0.1) is 11.3 Å². The van der Waals surface area contributed by atoms with Crippen LogP contribution in [0.3, 0.4) is 0 Å². The second-order valence-corrected chi connectivity index (χ2v) is 6.75. The number of carbonyl (C=O) groups excluding carboxylic acids is 1. The lowest BCUT2D eigenvalue weighted by atomic mass is 10.2. The van der Waals surface area contributed by atoms with E-state index < -0.39 is 5.97 Å². The minimum absolute atomic E-state index is 0.124. The van der Waals surface area contributed by atoms with Gasteiger partial charge in [-0.25, -0.2) is 14.8 Å². The molecule has 0 aliphatic rings. The molecule has 0 saturated heterocycles. The predicted molar refractivity (Wildman–Crippen MR) is 94.7 cm³/mol. The van der Waals surface area contributed by atoms with E-state index in [1.807, 2.05) is 24.3 Å². The van der Waals surface area contributed by atoms with E-state index in [4.69, 9.17) is 16.3 Å². The lowest BCUT2D eigenvalue weighted by molar-refractivity contribution is 0.0473. The summed E-state index contributed by atoms with van der Waals surface area (Å²) in [6.07, 6.45) is 1.39. The summed E-state index contributed by atoms with van der Waals surface area (Å²) >= 11 is 7.37. The number of carbonyl (C=O) groups is 1. The Bertz CT molecular complexity index is 1050. The average molecular weight is 374 g/mol. The fourth-order valence-corrected chi connectivity index (χ4v) is 3.59. The molecule has 0 unspecified atom stereocenters. The molecule has 0 aliphatic carbocycles. The maximum atomic E-state index is 12.4. The van der Waals surface area contributed by atoms with Crippen molar-refractivity contribution >= 4 is 39.8 Å². The van der Waals surface area contributed by atoms with Crippen molar-refractivity contribution in [2.75, 3.05) is 0 Å². The average Bonchev–Trinajstić information content (AvgIpc) is 3.32. The number of esters is 1. The van der Waals surface area contributed by atoms with Gasteiger partial charge in [0.1, 0.15) is 17.8 Å². The summed E-state index contributed by atoms with van der Waals surface area (Å²) in [5, 5.41) is 8.66. The van der Waals surface area contributed by atoms with Crippen LogP contribution in [-0.4, -0.2) is 31.1 Å². The number of ether oxygens (including phenoxy) is 1. The van der Waals surface area contributed by atoms with E-state index in [1.165, 1.54) is 17.7 Å². The van der Waals surface area contributed by atoms with Crippen molar-refractivity contribution in [1.82, 2.24) is 25.1 Å². The molecule has 3 aromatic heterocycles. The molecule has 0 bridgehead atoms. The number of benzene rings is 1. The van der Waals surface area contributed by atoms with Crippen LogP contribution in [0.5, 0.6) is 0 Å². The summed E-state index contributed by atoms with van der Waals surface area (Å²) in [6, 6.07) is 7.48. The van der Waals surface area contributed by atoms with Gasteiger partial charge in [0, 0.05) is 15.9 Å². The van der Waals surface area contributed by atoms with Crippen LogP contribution >= 0.6 is 22.9 Å². The van der Waals surface area contributed by atoms with Gasteiger partial charge in [-0.05, 0) is 25.1 Å². The number of halogens is 1. The topological polar surface area (TPSA) is 96.6 Å². The Balaban J connectivity index is 1.51. The third kappa shape index (κ3) is 3.01. The summed E-state index contributed by atoms with van der Waals surface area (Å²) in [6.45, 7) is 1.88. The van der Waals surface area contributed by atoms with E-state index in [9.17, 15) is 4.79 Å². The Hall–Kier alpha value is -2.71. The molecular weight excluding hydrogens is 362 g/mol. The zero-order chi connectivity index (χ0) is 17.4.